The molecule has 4 aromatic rings. The van der Waals surface area contributed by atoms with E-state index >= 15 is 8.78 Å². The number of rotatable bonds is 12. The van der Waals surface area contributed by atoms with Crippen LogP contribution in [0.3, 0.4) is 0 Å². The first-order chi connectivity index (χ1) is 24.1. The average Bonchev–Trinajstić information content (AvgIpc) is 4.00. The number of hydrogen-bond donors (Lipinski definition) is 1. The zero-order valence-electron chi connectivity index (χ0n) is 26.8. The summed E-state index contributed by atoms with van der Waals surface area (Å²) in [4.78, 5) is 25.0. The van der Waals surface area contributed by atoms with Crippen molar-refractivity contribution >= 4 is 39.2 Å². The number of carbonyl (C=O) groups is 2. The summed E-state index contributed by atoms with van der Waals surface area (Å²) in [6.45, 7) is -0.784. The van der Waals surface area contributed by atoms with Crippen molar-refractivity contribution in [3.05, 3.63) is 128 Å². The number of aryl methyl sites for hydroxylation is 1. The molecule has 0 spiro atoms. The van der Waals surface area contributed by atoms with Crippen molar-refractivity contribution in [2.75, 3.05) is 11.4 Å². The first-order valence-electron chi connectivity index (χ1n) is 15.8. The zero-order chi connectivity index (χ0) is 36.9. The zero-order valence-corrected chi connectivity index (χ0v) is 28.4. The molecule has 2 aliphatic rings. The first-order valence-corrected chi connectivity index (χ1v) is 17.6. The second-order valence-corrected chi connectivity index (χ2v) is 15.0. The van der Waals surface area contributed by atoms with Gasteiger partial charge in [-0.2, -0.15) is 4.31 Å². The Balaban J connectivity index is 1.46. The van der Waals surface area contributed by atoms with Gasteiger partial charge in [0.15, 0.2) is 28.2 Å². The standard InChI is InChI=1S/C36H29ClF6N2O5S/c1-18-10-22(36(47)48)7-9-28(18)45(15-19-11-24(20-2-3-20)13-25(12-19)21-4-5-21)29(46)17-44(16-23-6-8-26(38)14-27(23)37)51(49,50)35-33(42)31(40)30(39)32(41)34(35)43/h6-14,20-21H,2-5,15-17H2,1H3,(H,47,48). The van der Waals surface area contributed by atoms with Gasteiger partial charge in [-0.15, -0.1) is 0 Å². The lowest BCUT2D eigenvalue weighted by atomic mass is 9.99. The van der Waals surface area contributed by atoms with E-state index in [0.717, 1.165) is 59.9 Å². The summed E-state index contributed by atoms with van der Waals surface area (Å²) in [6, 6.07) is 12.6. The highest BCUT2D eigenvalue weighted by molar-refractivity contribution is 7.89. The van der Waals surface area contributed by atoms with Gasteiger partial charge < -0.3 is 10.0 Å². The van der Waals surface area contributed by atoms with Crippen molar-refractivity contribution in [3.63, 3.8) is 0 Å². The molecule has 0 heterocycles. The molecule has 1 amide bonds. The Morgan fingerprint density at radius 2 is 1.35 bits per heavy atom. The molecule has 7 nitrogen and oxygen atoms in total. The van der Waals surface area contributed by atoms with Crippen molar-refractivity contribution in [2.24, 2.45) is 0 Å². The van der Waals surface area contributed by atoms with Crippen LogP contribution in [-0.4, -0.2) is 36.3 Å². The van der Waals surface area contributed by atoms with E-state index in [-0.39, 0.29) is 32.7 Å². The van der Waals surface area contributed by atoms with Gasteiger partial charge in [0, 0.05) is 17.3 Å². The van der Waals surface area contributed by atoms with E-state index in [9.17, 15) is 40.7 Å². The van der Waals surface area contributed by atoms with Crippen LogP contribution in [0.5, 0.6) is 0 Å². The molecule has 2 saturated carbocycles. The average molecular weight is 751 g/mol. The summed E-state index contributed by atoms with van der Waals surface area (Å²) < 4.78 is 114. The topological polar surface area (TPSA) is 95.0 Å². The molecule has 51 heavy (non-hydrogen) atoms. The third-order valence-electron chi connectivity index (χ3n) is 8.95. The SMILES string of the molecule is Cc1cc(C(=O)O)ccc1N(Cc1cc(C2CC2)cc(C2CC2)c1)C(=O)CN(Cc1ccc(F)cc1Cl)S(=O)(=O)c1c(F)c(F)c(F)c(F)c1F. The summed E-state index contributed by atoms with van der Waals surface area (Å²) in [7, 11) is -5.72. The van der Waals surface area contributed by atoms with E-state index in [1.807, 2.05) is 12.1 Å². The minimum Gasteiger partial charge on any atom is -0.478 e. The lowest BCUT2D eigenvalue weighted by Crippen LogP contribution is -2.43. The Kier molecular flexibility index (Phi) is 9.96. The van der Waals surface area contributed by atoms with Crippen LogP contribution in [0.4, 0.5) is 32.0 Å². The van der Waals surface area contributed by atoms with E-state index in [2.05, 4.69) is 6.07 Å². The number of sulfonamides is 1. The second-order valence-electron chi connectivity index (χ2n) is 12.8. The molecule has 0 atom stereocenters. The van der Waals surface area contributed by atoms with Gasteiger partial charge in [0.2, 0.25) is 21.7 Å². The minimum atomic E-state index is -5.72. The number of hydrogen-bond acceptors (Lipinski definition) is 4. The molecule has 4 aromatic carbocycles. The van der Waals surface area contributed by atoms with Crippen LogP contribution in [0, 0.1) is 41.8 Å². The quantitative estimate of drug-likeness (QED) is 0.0893. The highest BCUT2D eigenvalue weighted by atomic mass is 35.5. The summed E-state index contributed by atoms with van der Waals surface area (Å²) >= 11 is 6.14. The monoisotopic (exact) mass is 750 g/mol. The smallest absolute Gasteiger partial charge is 0.335 e. The molecule has 0 aromatic heterocycles. The molecule has 6 rings (SSSR count). The molecule has 15 heteroatoms. The Bertz CT molecular complexity index is 2130. The normalized spacial score (nSPS) is 14.6. The van der Waals surface area contributed by atoms with Gasteiger partial charge in [-0.05, 0) is 103 Å². The van der Waals surface area contributed by atoms with E-state index in [4.69, 9.17) is 11.6 Å². The highest BCUT2D eigenvalue weighted by Crippen LogP contribution is 2.45. The number of amides is 1. The molecule has 1 N–H and O–H groups in total. The van der Waals surface area contributed by atoms with Crippen LogP contribution >= 0.6 is 11.6 Å². The minimum absolute atomic E-state index is 0.100. The Labute approximate surface area is 294 Å². The highest BCUT2D eigenvalue weighted by Gasteiger charge is 2.39. The maximum absolute atomic E-state index is 15.0. The van der Waals surface area contributed by atoms with Crippen molar-refractivity contribution in [3.8, 4) is 0 Å². The number of carbonyl (C=O) groups excluding carboxylic acids is 1. The number of nitrogens with zero attached hydrogens (tertiary/aromatic N) is 2. The summed E-state index contributed by atoms with van der Waals surface area (Å²) in [5, 5.41) is 9.19. The fourth-order valence-electron chi connectivity index (χ4n) is 5.97. The number of benzene rings is 4. The van der Waals surface area contributed by atoms with Gasteiger partial charge in [0.1, 0.15) is 5.82 Å². The van der Waals surface area contributed by atoms with Crippen LogP contribution in [0.2, 0.25) is 5.02 Å². The van der Waals surface area contributed by atoms with E-state index < -0.39 is 74.8 Å². The van der Waals surface area contributed by atoms with E-state index in [0.29, 0.717) is 23.0 Å². The summed E-state index contributed by atoms with van der Waals surface area (Å²) in [5.41, 5.74) is 3.03. The van der Waals surface area contributed by atoms with Crippen molar-refractivity contribution in [1.82, 2.24) is 4.31 Å². The maximum atomic E-state index is 15.0. The Hall–Kier alpha value is -4.40. The van der Waals surface area contributed by atoms with E-state index in [1.54, 1.807) is 0 Å². The van der Waals surface area contributed by atoms with Gasteiger partial charge >= 0.3 is 5.97 Å². The van der Waals surface area contributed by atoms with Crippen molar-refractivity contribution < 1.29 is 49.5 Å². The molecule has 0 radical (unpaired) electrons. The number of halogens is 7. The van der Waals surface area contributed by atoms with Crippen LogP contribution in [-0.2, 0) is 27.9 Å². The van der Waals surface area contributed by atoms with Gasteiger partial charge in [-0.1, -0.05) is 35.9 Å². The van der Waals surface area contributed by atoms with Crippen LogP contribution < -0.4 is 4.90 Å². The third-order valence-corrected chi connectivity index (χ3v) is 11.1. The Morgan fingerprint density at radius 1 is 0.784 bits per heavy atom. The van der Waals surface area contributed by atoms with Crippen LogP contribution in [0.15, 0.2) is 59.5 Å². The molecular formula is C36H29ClF6N2O5S. The lowest BCUT2D eigenvalue weighted by Gasteiger charge is -2.29. The molecule has 268 valence electrons. The lowest BCUT2D eigenvalue weighted by molar-refractivity contribution is -0.119. The predicted molar refractivity (Wildman–Crippen MR) is 175 cm³/mol. The largest absolute Gasteiger partial charge is 0.478 e. The van der Waals surface area contributed by atoms with Gasteiger partial charge in [-0.25, -0.2) is 39.6 Å². The molecular weight excluding hydrogens is 722 g/mol. The number of carboxylic acids is 1. The van der Waals surface area contributed by atoms with Crippen molar-refractivity contribution in [2.45, 2.75) is 62.4 Å². The Morgan fingerprint density at radius 3 is 1.86 bits per heavy atom. The van der Waals surface area contributed by atoms with Gasteiger partial charge in [0.05, 0.1) is 18.7 Å². The van der Waals surface area contributed by atoms with Gasteiger partial charge in [0.25, 0.3) is 0 Å². The van der Waals surface area contributed by atoms with Crippen LogP contribution in [0.1, 0.15) is 75.7 Å². The second kappa shape index (κ2) is 14.0. The molecule has 2 aliphatic carbocycles. The number of anilines is 1. The molecule has 0 saturated heterocycles. The van der Waals surface area contributed by atoms with Gasteiger partial charge in [-0.3, -0.25) is 4.79 Å². The fraction of sp³-hybridized carbons (Fsp3) is 0.278. The first kappa shape index (κ1) is 36.4. The number of carboxylic acid groups (broad SMARTS) is 1. The third kappa shape index (κ3) is 7.49. The maximum Gasteiger partial charge on any atom is 0.335 e. The van der Waals surface area contributed by atoms with E-state index in [1.165, 1.54) is 25.1 Å². The van der Waals surface area contributed by atoms with Crippen LogP contribution in [0.25, 0.3) is 0 Å². The molecule has 0 aliphatic heterocycles. The summed E-state index contributed by atoms with van der Waals surface area (Å²) in [5.74, 6) is -15.3. The molecule has 0 bridgehead atoms. The fourth-order valence-corrected chi connectivity index (χ4v) is 7.67. The molecule has 0 unspecified atom stereocenters. The summed E-state index contributed by atoms with van der Waals surface area (Å²) in [6.07, 6.45) is 3.95. The number of aromatic carboxylic acids is 1. The predicted octanol–water partition coefficient (Wildman–Crippen LogP) is 8.36. The van der Waals surface area contributed by atoms with Crippen molar-refractivity contribution in [1.29, 1.82) is 0 Å². The molecule has 2 fully saturated rings.